The number of rotatable bonds is 5. The van der Waals surface area contributed by atoms with Gasteiger partial charge in [0.05, 0.1) is 11.5 Å². The van der Waals surface area contributed by atoms with E-state index < -0.39 is 0 Å². The maximum absolute atomic E-state index is 9.01. The van der Waals surface area contributed by atoms with Gasteiger partial charge in [-0.15, -0.1) is 0 Å². The molecule has 0 amide bonds. The predicted molar refractivity (Wildman–Crippen MR) is 72.8 cm³/mol. The molecule has 92 valence electrons. The minimum absolute atomic E-state index is 0.270. The molecule has 1 rings (SSSR count). The highest BCUT2D eigenvalue weighted by molar-refractivity contribution is 5.55. The van der Waals surface area contributed by atoms with E-state index in [1.165, 1.54) is 0 Å². The summed E-state index contributed by atoms with van der Waals surface area (Å²) in [6, 6.07) is 10.2. The predicted octanol–water partition coefficient (Wildman–Crippen LogP) is 3.03. The van der Waals surface area contributed by atoms with Crippen molar-refractivity contribution in [2.24, 2.45) is 5.41 Å². The Morgan fingerprint density at radius 3 is 2.65 bits per heavy atom. The van der Waals surface area contributed by atoms with Crippen molar-refractivity contribution in [2.75, 3.05) is 23.7 Å². The molecule has 0 atom stereocenters. The maximum Gasteiger partial charge on any atom is 0.0684 e. The van der Waals surface area contributed by atoms with Crippen molar-refractivity contribution in [3.05, 3.63) is 24.3 Å². The first-order valence-electron chi connectivity index (χ1n) is 6.00. The number of hydrogen-bond acceptors (Lipinski definition) is 3. The van der Waals surface area contributed by atoms with Crippen LogP contribution >= 0.6 is 0 Å². The van der Waals surface area contributed by atoms with E-state index >= 15 is 0 Å². The number of benzene rings is 1. The van der Waals surface area contributed by atoms with Crippen LogP contribution in [0, 0.1) is 16.7 Å². The Bertz CT molecular complexity index is 404. The van der Waals surface area contributed by atoms with Crippen LogP contribution < -0.4 is 10.6 Å². The Hall–Kier alpha value is -1.69. The number of nitrogen functional groups attached to an aromatic ring is 1. The lowest BCUT2D eigenvalue weighted by Gasteiger charge is -2.26. The second-order valence-electron chi connectivity index (χ2n) is 4.92. The summed E-state index contributed by atoms with van der Waals surface area (Å²) >= 11 is 0. The van der Waals surface area contributed by atoms with E-state index in [2.05, 4.69) is 24.0 Å². The van der Waals surface area contributed by atoms with E-state index in [0.29, 0.717) is 0 Å². The van der Waals surface area contributed by atoms with Gasteiger partial charge in [-0.3, -0.25) is 0 Å². The fraction of sp³-hybridized carbons (Fsp3) is 0.500. The molecule has 0 saturated heterocycles. The summed E-state index contributed by atoms with van der Waals surface area (Å²) in [4.78, 5) is 2.25. The highest BCUT2D eigenvalue weighted by Crippen LogP contribution is 2.22. The molecule has 0 fully saturated rings. The Morgan fingerprint density at radius 1 is 1.41 bits per heavy atom. The summed E-state index contributed by atoms with van der Waals surface area (Å²) in [5, 5.41) is 9.01. The minimum Gasteiger partial charge on any atom is -0.399 e. The third-order valence-electron chi connectivity index (χ3n) is 2.93. The van der Waals surface area contributed by atoms with E-state index in [-0.39, 0.29) is 5.41 Å². The molecule has 0 unspecified atom stereocenters. The van der Waals surface area contributed by atoms with E-state index in [1.54, 1.807) is 0 Å². The Labute approximate surface area is 104 Å². The van der Waals surface area contributed by atoms with Gasteiger partial charge in [0.2, 0.25) is 0 Å². The third kappa shape index (κ3) is 3.99. The van der Waals surface area contributed by atoms with Crippen LogP contribution in [0.25, 0.3) is 0 Å². The van der Waals surface area contributed by atoms with Gasteiger partial charge in [0, 0.05) is 24.5 Å². The SMILES string of the molecule is CCN(CCC(C)(C)C#N)c1cccc(N)c1. The molecule has 1 aromatic rings. The molecule has 0 spiro atoms. The molecule has 0 aliphatic carbocycles. The minimum atomic E-state index is -0.270. The van der Waals surface area contributed by atoms with Crippen LogP contribution in [0.15, 0.2) is 24.3 Å². The first-order valence-corrected chi connectivity index (χ1v) is 6.00. The van der Waals surface area contributed by atoms with Crippen LogP contribution in [-0.2, 0) is 0 Å². The molecule has 0 heterocycles. The average Bonchev–Trinajstić information content (AvgIpc) is 2.30. The largest absolute Gasteiger partial charge is 0.399 e. The van der Waals surface area contributed by atoms with Crippen molar-refractivity contribution in [3.8, 4) is 6.07 Å². The molecule has 3 heteroatoms. The second-order valence-corrected chi connectivity index (χ2v) is 4.92. The highest BCUT2D eigenvalue weighted by atomic mass is 15.1. The Kier molecular flexibility index (Phi) is 4.39. The first-order chi connectivity index (χ1) is 7.98. The van der Waals surface area contributed by atoms with Crippen molar-refractivity contribution >= 4 is 11.4 Å². The number of anilines is 2. The number of nitrogens with zero attached hydrogens (tertiary/aromatic N) is 2. The van der Waals surface area contributed by atoms with Crippen molar-refractivity contribution in [2.45, 2.75) is 27.2 Å². The van der Waals surface area contributed by atoms with E-state index in [9.17, 15) is 0 Å². The zero-order chi connectivity index (χ0) is 12.9. The van der Waals surface area contributed by atoms with Crippen LogP contribution in [0.3, 0.4) is 0 Å². The second kappa shape index (κ2) is 5.58. The Balaban J connectivity index is 2.70. The summed E-state index contributed by atoms with van der Waals surface area (Å²) < 4.78 is 0. The van der Waals surface area contributed by atoms with Gasteiger partial charge in [-0.1, -0.05) is 6.07 Å². The van der Waals surface area contributed by atoms with Gasteiger partial charge in [-0.2, -0.15) is 5.26 Å². The summed E-state index contributed by atoms with van der Waals surface area (Å²) in [5.74, 6) is 0. The molecule has 0 bridgehead atoms. The van der Waals surface area contributed by atoms with Crippen molar-refractivity contribution in [1.29, 1.82) is 5.26 Å². The van der Waals surface area contributed by atoms with Crippen LogP contribution in [0.1, 0.15) is 27.2 Å². The zero-order valence-corrected chi connectivity index (χ0v) is 10.9. The monoisotopic (exact) mass is 231 g/mol. The van der Waals surface area contributed by atoms with Gasteiger partial charge in [0.25, 0.3) is 0 Å². The molecule has 0 radical (unpaired) electrons. The molecule has 0 aliphatic heterocycles. The lowest BCUT2D eigenvalue weighted by molar-refractivity contribution is 0.451. The van der Waals surface area contributed by atoms with Gasteiger partial charge in [-0.05, 0) is 45.4 Å². The van der Waals surface area contributed by atoms with Gasteiger partial charge >= 0.3 is 0 Å². The number of nitrogens with two attached hydrogens (primary N) is 1. The number of nitriles is 1. The molecule has 0 aromatic heterocycles. The maximum atomic E-state index is 9.01. The lowest BCUT2D eigenvalue weighted by atomic mass is 9.91. The zero-order valence-electron chi connectivity index (χ0n) is 10.9. The van der Waals surface area contributed by atoms with Crippen LogP contribution in [0.2, 0.25) is 0 Å². The van der Waals surface area contributed by atoms with Crippen molar-refractivity contribution in [1.82, 2.24) is 0 Å². The molecule has 2 N–H and O–H groups in total. The molecular weight excluding hydrogens is 210 g/mol. The van der Waals surface area contributed by atoms with E-state index in [0.717, 1.165) is 30.9 Å². The molecular formula is C14H21N3. The van der Waals surface area contributed by atoms with Crippen LogP contribution in [0.5, 0.6) is 0 Å². The van der Waals surface area contributed by atoms with Crippen molar-refractivity contribution in [3.63, 3.8) is 0 Å². The average molecular weight is 231 g/mol. The molecule has 1 aromatic carbocycles. The smallest absolute Gasteiger partial charge is 0.0684 e. The normalized spacial score (nSPS) is 10.9. The molecule has 0 saturated carbocycles. The summed E-state index contributed by atoms with van der Waals surface area (Å²) in [6.07, 6.45) is 0.853. The van der Waals surface area contributed by atoms with E-state index in [1.807, 2.05) is 32.0 Å². The Morgan fingerprint density at radius 2 is 2.12 bits per heavy atom. The summed E-state index contributed by atoms with van der Waals surface area (Å²) in [5.41, 5.74) is 7.41. The highest BCUT2D eigenvalue weighted by Gasteiger charge is 2.18. The van der Waals surface area contributed by atoms with Gasteiger partial charge in [0.15, 0.2) is 0 Å². The quantitative estimate of drug-likeness (QED) is 0.792. The van der Waals surface area contributed by atoms with Gasteiger partial charge in [0.1, 0.15) is 0 Å². The van der Waals surface area contributed by atoms with Crippen molar-refractivity contribution < 1.29 is 0 Å². The van der Waals surface area contributed by atoms with Crippen LogP contribution in [0.4, 0.5) is 11.4 Å². The van der Waals surface area contributed by atoms with Gasteiger partial charge in [-0.25, -0.2) is 0 Å². The fourth-order valence-corrected chi connectivity index (χ4v) is 1.66. The summed E-state index contributed by atoms with van der Waals surface area (Å²) in [6.45, 7) is 7.86. The lowest BCUT2D eigenvalue weighted by Crippen LogP contribution is -2.27. The first kappa shape index (κ1) is 13.4. The molecule has 0 aliphatic rings. The van der Waals surface area contributed by atoms with Crippen LogP contribution in [-0.4, -0.2) is 13.1 Å². The standard InChI is InChI=1S/C14H21N3/c1-4-17(9-8-14(2,3)11-15)13-7-5-6-12(16)10-13/h5-7,10H,4,8-9,16H2,1-3H3. The topological polar surface area (TPSA) is 53.0 Å². The van der Waals surface area contributed by atoms with Gasteiger partial charge < -0.3 is 10.6 Å². The molecule has 3 nitrogen and oxygen atoms in total. The fourth-order valence-electron chi connectivity index (χ4n) is 1.66. The molecule has 17 heavy (non-hydrogen) atoms. The van der Waals surface area contributed by atoms with E-state index in [4.69, 9.17) is 11.0 Å². The number of hydrogen-bond donors (Lipinski definition) is 1. The summed E-state index contributed by atoms with van der Waals surface area (Å²) in [7, 11) is 0. The third-order valence-corrected chi connectivity index (χ3v) is 2.93.